The van der Waals surface area contributed by atoms with Gasteiger partial charge in [0.15, 0.2) is 0 Å². The van der Waals surface area contributed by atoms with Gasteiger partial charge in [0.05, 0.1) is 20.1 Å². The lowest BCUT2D eigenvalue weighted by atomic mass is 10.1. The molecule has 1 aromatic rings. The maximum Gasteiger partial charge on any atom is 0.325 e. The summed E-state index contributed by atoms with van der Waals surface area (Å²) in [5.41, 5.74) is 0.860. The highest BCUT2D eigenvalue weighted by Crippen LogP contribution is 2.12. The van der Waals surface area contributed by atoms with E-state index < -0.39 is 5.97 Å². The summed E-state index contributed by atoms with van der Waals surface area (Å²) in [6.07, 6.45) is 1.81. The maximum atomic E-state index is 12.2. The Morgan fingerprint density at radius 3 is 2.48 bits per heavy atom. The van der Waals surface area contributed by atoms with Crippen LogP contribution in [0, 0.1) is 0 Å². The van der Waals surface area contributed by atoms with Crippen molar-refractivity contribution < 1.29 is 19.1 Å². The molecule has 0 atom stereocenters. The molecule has 0 unspecified atom stereocenters. The highest BCUT2D eigenvalue weighted by Gasteiger charge is 2.17. The Morgan fingerprint density at radius 1 is 1.29 bits per heavy atom. The van der Waals surface area contributed by atoms with Crippen LogP contribution in [0.25, 0.3) is 0 Å². The summed E-state index contributed by atoms with van der Waals surface area (Å²) in [6, 6.07) is 7.25. The van der Waals surface area contributed by atoms with Gasteiger partial charge in [-0.1, -0.05) is 18.2 Å². The molecule has 5 heteroatoms. The van der Waals surface area contributed by atoms with Crippen LogP contribution in [0.3, 0.4) is 0 Å². The normalized spacial score (nSPS) is 9.81. The molecule has 0 aliphatic heterocycles. The summed E-state index contributed by atoms with van der Waals surface area (Å²) in [7, 11) is 1.59. The van der Waals surface area contributed by atoms with Gasteiger partial charge in [-0.3, -0.25) is 9.59 Å². The summed E-state index contributed by atoms with van der Waals surface area (Å²) >= 11 is 0. The number of hydrogen-bond donors (Lipinski definition) is 0. The van der Waals surface area contributed by atoms with E-state index in [9.17, 15) is 9.59 Å². The molecule has 114 valence electrons. The SMILES string of the molecule is C=CCN(CC(=O)OCC)C(=O)Cc1ccc(OC)cc1. The second kappa shape index (κ2) is 8.79. The molecule has 0 fully saturated rings. The van der Waals surface area contributed by atoms with Crippen LogP contribution in [0.2, 0.25) is 0 Å². The number of hydrogen-bond acceptors (Lipinski definition) is 4. The largest absolute Gasteiger partial charge is 0.497 e. The van der Waals surface area contributed by atoms with Crippen molar-refractivity contribution in [3.05, 3.63) is 42.5 Å². The summed E-state index contributed by atoms with van der Waals surface area (Å²) in [6.45, 7) is 5.89. The Bertz CT molecular complexity index is 482. The van der Waals surface area contributed by atoms with Crippen LogP contribution in [0.15, 0.2) is 36.9 Å². The van der Waals surface area contributed by atoms with Crippen molar-refractivity contribution in [2.24, 2.45) is 0 Å². The quantitative estimate of drug-likeness (QED) is 0.541. The summed E-state index contributed by atoms with van der Waals surface area (Å²) in [5.74, 6) is 0.177. The zero-order chi connectivity index (χ0) is 15.7. The molecule has 0 aromatic heterocycles. The fourth-order valence-corrected chi connectivity index (χ4v) is 1.80. The monoisotopic (exact) mass is 291 g/mol. The first kappa shape index (κ1) is 16.8. The van der Waals surface area contributed by atoms with E-state index in [4.69, 9.17) is 9.47 Å². The molecule has 21 heavy (non-hydrogen) atoms. The average molecular weight is 291 g/mol. The van der Waals surface area contributed by atoms with Crippen molar-refractivity contribution in [2.45, 2.75) is 13.3 Å². The number of nitrogens with zero attached hydrogens (tertiary/aromatic N) is 1. The Kier molecular flexibility index (Phi) is 7.01. The number of ether oxygens (including phenoxy) is 2. The summed E-state index contributed by atoms with van der Waals surface area (Å²) < 4.78 is 9.94. The van der Waals surface area contributed by atoms with Crippen molar-refractivity contribution >= 4 is 11.9 Å². The number of carbonyl (C=O) groups excluding carboxylic acids is 2. The van der Waals surface area contributed by atoms with Crippen molar-refractivity contribution in [2.75, 3.05) is 26.8 Å². The van der Waals surface area contributed by atoms with Gasteiger partial charge in [-0.2, -0.15) is 0 Å². The predicted molar refractivity (Wildman–Crippen MR) is 80.1 cm³/mol. The number of amides is 1. The third-order valence-electron chi connectivity index (χ3n) is 2.84. The van der Waals surface area contributed by atoms with Gasteiger partial charge in [0, 0.05) is 6.54 Å². The Hall–Kier alpha value is -2.30. The van der Waals surface area contributed by atoms with Crippen LogP contribution < -0.4 is 4.74 Å². The van der Waals surface area contributed by atoms with Gasteiger partial charge < -0.3 is 14.4 Å². The van der Waals surface area contributed by atoms with Crippen LogP contribution in [-0.4, -0.2) is 43.6 Å². The molecule has 1 amide bonds. The molecule has 0 bridgehead atoms. The molecule has 0 radical (unpaired) electrons. The van der Waals surface area contributed by atoms with Gasteiger partial charge in [0.2, 0.25) is 5.91 Å². The number of rotatable bonds is 8. The number of carbonyl (C=O) groups is 2. The fraction of sp³-hybridized carbons (Fsp3) is 0.375. The van der Waals surface area contributed by atoms with Crippen molar-refractivity contribution in [3.63, 3.8) is 0 Å². The topological polar surface area (TPSA) is 55.8 Å². The van der Waals surface area contributed by atoms with Crippen LogP contribution in [0.5, 0.6) is 5.75 Å². The first-order valence-electron chi connectivity index (χ1n) is 6.78. The highest BCUT2D eigenvalue weighted by molar-refractivity contribution is 5.83. The van der Waals surface area contributed by atoms with E-state index in [1.165, 1.54) is 4.90 Å². The van der Waals surface area contributed by atoms with Gasteiger partial charge in [0.25, 0.3) is 0 Å². The predicted octanol–water partition coefficient (Wildman–Crippen LogP) is 1.82. The maximum absolute atomic E-state index is 12.2. The van der Waals surface area contributed by atoms with Crippen molar-refractivity contribution in [3.8, 4) is 5.75 Å². The first-order chi connectivity index (χ1) is 10.1. The van der Waals surface area contributed by atoms with Gasteiger partial charge in [-0.25, -0.2) is 0 Å². The van der Waals surface area contributed by atoms with Gasteiger partial charge in [0.1, 0.15) is 12.3 Å². The van der Waals surface area contributed by atoms with E-state index in [2.05, 4.69) is 6.58 Å². The zero-order valence-corrected chi connectivity index (χ0v) is 12.5. The minimum absolute atomic E-state index is 0.0607. The third kappa shape index (κ3) is 5.69. The lowest BCUT2D eigenvalue weighted by Gasteiger charge is -2.20. The van der Waals surface area contributed by atoms with E-state index in [-0.39, 0.29) is 18.9 Å². The Balaban J connectivity index is 2.66. The van der Waals surface area contributed by atoms with Crippen LogP contribution >= 0.6 is 0 Å². The fourth-order valence-electron chi connectivity index (χ4n) is 1.80. The van der Waals surface area contributed by atoms with E-state index in [0.29, 0.717) is 13.2 Å². The minimum Gasteiger partial charge on any atom is -0.497 e. The molecule has 0 aliphatic carbocycles. The molecule has 0 saturated heterocycles. The number of esters is 1. The summed E-state index contributed by atoms with van der Waals surface area (Å²) in [5, 5.41) is 0. The second-order valence-corrected chi connectivity index (χ2v) is 4.39. The molecule has 5 nitrogen and oxygen atoms in total. The summed E-state index contributed by atoms with van der Waals surface area (Å²) in [4.78, 5) is 25.2. The smallest absolute Gasteiger partial charge is 0.325 e. The first-order valence-corrected chi connectivity index (χ1v) is 6.78. The zero-order valence-electron chi connectivity index (χ0n) is 12.5. The van der Waals surface area contributed by atoms with Crippen LogP contribution in [0.1, 0.15) is 12.5 Å². The van der Waals surface area contributed by atoms with Crippen LogP contribution in [0.4, 0.5) is 0 Å². The molecular weight excluding hydrogens is 270 g/mol. The van der Waals surface area contributed by atoms with Gasteiger partial charge >= 0.3 is 5.97 Å². The Morgan fingerprint density at radius 2 is 1.95 bits per heavy atom. The van der Waals surface area contributed by atoms with Crippen LogP contribution in [-0.2, 0) is 20.7 Å². The minimum atomic E-state index is -0.414. The van der Waals surface area contributed by atoms with Gasteiger partial charge in [-0.05, 0) is 24.6 Å². The van der Waals surface area contributed by atoms with E-state index in [0.717, 1.165) is 11.3 Å². The molecular formula is C16H21NO4. The highest BCUT2D eigenvalue weighted by atomic mass is 16.5. The van der Waals surface area contributed by atoms with Crippen molar-refractivity contribution in [1.82, 2.24) is 4.90 Å². The standard InChI is InChI=1S/C16H21NO4/c1-4-10-17(12-16(19)21-5-2)15(18)11-13-6-8-14(20-3)9-7-13/h4,6-9H,1,5,10-12H2,2-3H3. The average Bonchev–Trinajstić information content (AvgIpc) is 2.48. The van der Waals surface area contributed by atoms with E-state index in [1.807, 2.05) is 12.1 Å². The second-order valence-electron chi connectivity index (χ2n) is 4.39. The Labute approximate surface area is 125 Å². The van der Waals surface area contributed by atoms with Crippen molar-refractivity contribution in [1.29, 1.82) is 0 Å². The third-order valence-corrected chi connectivity index (χ3v) is 2.84. The molecule has 1 aromatic carbocycles. The lowest BCUT2D eigenvalue weighted by molar-refractivity contribution is -0.148. The van der Waals surface area contributed by atoms with Gasteiger partial charge in [-0.15, -0.1) is 6.58 Å². The molecule has 1 rings (SSSR count). The van der Waals surface area contributed by atoms with E-state index >= 15 is 0 Å². The molecule has 0 N–H and O–H groups in total. The molecule has 0 spiro atoms. The number of methoxy groups -OCH3 is 1. The number of benzene rings is 1. The molecule has 0 heterocycles. The molecule has 0 saturated carbocycles. The molecule has 0 aliphatic rings. The van der Waals surface area contributed by atoms with E-state index in [1.54, 1.807) is 32.2 Å². The lowest BCUT2D eigenvalue weighted by Crippen LogP contribution is -2.37.